The molecule has 2 rings (SSSR count). The van der Waals surface area contributed by atoms with E-state index in [1.54, 1.807) is 64.3 Å². The number of amides is 3. The average Bonchev–Trinajstić information content (AvgIpc) is 2.86. The Bertz CT molecular complexity index is 1060. The number of methoxy groups -OCH3 is 1. The summed E-state index contributed by atoms with van der Waals surface area (Å²) in [6.07, 6.45) is 1.43. The summed E-state index contributed by atoms with van der Waals surface area (Å²) >= 11 is 0. The van der Waals surface area contributed by atoms with Gasteiger partial charge in [0.1, 0.15) is 23.4 Å². The van der Waals surface area contributed by atoms with Crippen molar-refractivity contribution in [1.82, 2.24) is 10.2 Å². The maximum Gasteiger partial charge on any atom is 0.408 e. The fraction of sp³-hybridized carbons (Fsp3) is 0.393. The first-order valence-electron chi connectivity index (χ1n) is 12.1. The standard InChI is InChI=1S/C28H37N3O6/c1-7-17-31(26(34)23(18-32)30-27(35)37-28(3,4)5)24(20-11-9-19(8-2)10-12-20)25(33)29-21-13-15-22(36-6)16-14-21/h7,9-16,23-24,32H,1,8,17-18H2,2-6H3,(H,29,33)(H,30,35). The Balaban J connectivity index is 2.43. The molecule has 0 heterocycles. The fourth-order valence-corrected chi connectivity index (χ4v) is 3.59. The Kier molecular flexibility index (Phi) is 10.7. The van der Waals surface area contributed by atoms with Crippen molar-refractivity contribution in [3.05, 3.63) is 72.3 Å². The van der Waals surface area contributed by atoms with Crippen LogP contribution in [-0.4, -0.2) is 59.8 Å². The molecule has 0 spiro atoms. The molecule has 3 amide bonds. The van der Waals surface area contributed by atoms with E-state index >= 15 is 0 Å². The van der Waals surface area contributed by atoms with Crippen LogP contribution in [-0.2, 0) is 20.7 Å². The second-order valence-electron chi connectivity index (χ2n) is 9.38. The number of benzene rings is 2. The molecule has 2 atom stereocenters. The van der Waals surface area contributed by atoms with Crippen molar-refractivity contribution < 1.29 is 29.0 Å². The molecule has 2 unspecified atom stereocenters. The van der Waals surface area contributed by atoms with E-state index in [1.807, 2.05) is 19.1 Å². The van der Waals surface area contributed by atoms with Crippen molar-refractivity contribution in [2.75, 3.05) is 25.6 Å². The Hall–Kier alpha value is -3.85. The van der Waals surface area contributed by atoms with Crippen LogP contribution in [0.4, 0.5) is 10.5 Å². The second-order valence-corrected chi connectivity index (χ2v) is 9.38. The number of anilines is 1. The molecule has 200 valence electrons. The van der Waals surface area contributed by atoms with Crippen LogP contribution >= 0.6 is 0 Å². The highest BCUT2D eigenvalue weighted by molar-refractivity contribution is 5.99. The largest absolute Gasteiger partial charge is 0.497 e. The zero-order valence-corrected chi connectivity index (χ0v) is 22.1. The Morgan fingerprint density at radius 1 is 1.08 bits per heavy atom. The van der Waals surface area contributed by atoms with Gasteiger partial charge in [-0.25, -0.2) is 4.79 Å². The predicted molar refractivity (Wildman–Crippen MR) is 142 cm³/mol. The minimum Gasteiger partial charge on any atom is -0.497 e. The van der Waals surface area contributed by atoms with E-state index < -0.39 is 42.2 Å². The van der Waals surface area contributed by atoms with Gasteiger partial charge in [-0.05, 0) is 62.6 Å². The van der Waals surface area contributed by atoms with Gasteiger partial charge in [0, 0.05) is 12.2 Å². The molecule has 0 saturated carbocycles. The predicted octanol–water partition coefficient (Wildman–Crippen LogP) is 3.84. The van der Waals surface area contributed by atoms with Crippen molar-refractivity contribution in [3.63, 3.8) is 0 Å². The second kappa shape index (κ2) is 13.5. The number of carbonyl (C=O) groups is 3. The van der Waals surface area contributed by atoms with Crippen molar-refractivity contribution in [2.45, 2.75) is 51.8 Å². The third-order valence-corrected chi connectivity index (χ3v) is 5.40. The van der Waals surface area contributed by atoms with Gasteiger partial charge in [0.25, 0.3) is 5.91 Å². The molecule has 0 aliphatic rings. The van der Waals surface area contributed by atoms with Gasteiger partial charge in [-0.1, -0.05) is 37.3 Å². The quantitative estimate of drug-likeness (QED) is 0.395. The number of aliphatic hydroxyl groups excluding tert-OH is 1. The molecular formula is C28H37N3O6. The first kappa shape index (κ1) is 29.4. The first-order valence-corrected chi connectivity index (χ1v) is 12.1. The van der Waals surface area contributed by atoms with Gasteiger partial charge in [-0.3, -0.25) is 9.59 Å². The van der Waals surface area contributed by atoms with Gasteiger partial charge in [0.2, 0.25) is 5.91 Å². The topological polar surface area (TPSA) is 117 Å². The van der Waals surface area contributed by atoms with Crippen LogP contribution in [0.5, 0.6) is 5.75 Å². The highest BCUT2D eigenvalue weighted by Crippen LogP contribution is 2.26. The summed E-state index contributed by atoms with van der Waals surface area (Å²) in [5.41, 5.74) is 1.35. The van der Waals surface area contributed by atoms with E-state index in [9.17, 15) is 19.5 Å². The maximum absolute atomic E-state index is 13.6. The van der Waals surface area contributed by atoms with E-state index in [0.29, 0.717) is 17.0 Å². The lowest BCUT2D eigenvalue weighted by molar-refractivity contribution is -0.140. The Morgan fingerprint density at radius 2 is 1.70 bits per heavy atom. The molecule has 2 aromatic carbocycles. The van der Waals surface area contributed by atoms with Gasteiger partial charge >= 0.3 is 6.09 Å². The number of carbonyl (C=O) groups excluding carboxylic acids is 3. The molecule has 3 N–H and O–H groups in total. The Labute approximate surface area is 218 Å². The van der Waals surface area contributed by atoms with Gasteiger partial charge in [-0.15, -0.1) is 6.58 Å². The van der Waals surface area contributed by atoms with E-state index in [2.05, 4.69) is 17.2 Å². The third-order valence-electron chi connectivity index (χ3n) is 5.40. The van der Waals surface area contributed by atoms with Gasteiger partial charge < -0.3 is 30.1 Å². The number of hydrogen-bond donors (Lipinski definition) is 3. The van der Waals surface area contributed by atoms with Crippen LogP contribution in [0.3, 0.4) is 0 Å². The van der Waals surface area contributed by atoms with Crippen molar-refractivity contribution in [3.8, 4) is 5.75 Å². The van der Waals surface area contributed by atoms with E-state index in [-0.39, 0.29) is 6.54 Å². The Morgan fingerprint density at radius 3 is 2.19 bits per heavy atom. The maximum atomic E-state index is 13.6. The minimum atomic E-state index is -1.33. The molecule has 0 aromatic heterocycles. The van der Waals surface area contributed by atoms with Crippen molar-refractivity contribution >= 4 is 23.6 Å². The molecule has 9 heteroatoms. The van der Waals surface area contributed by atoms with Gasteiger partial charge in [0.15, 0.2) is 0 Å². The van der Waals surface area contributed by atoms with Crippen LogP contribution in [0.25, 0.3) is 0 Å². The number of rotatable bonds is 11. The summed E-state index contributed by atoms with van der Waals surface area (Å²) in [5, 5.41) is 15.2. The molecular weight excluding hydrogens is 474 g/mol. The lowest BCUT2D eigenvalue weighted by Gasteiger charge is -2.33. The van der Waals surface area contributed by atoms with Crippen LogP contribution in [0.2, 0.25) is 0 Å². The number of aliphatic hydroxyl groups is 1. The normalized spacial score (nSPS) is 12.6. The molecule has 9 nitrogen and oxygen atoms in total. The van der Waals surface area contributed by atoms with Gasteiger partial charge in [-0.2, -0.15) is 0 Å². The number of aryl methyl sites for hydroxylation is 1. The molecule has 0 fully saturated rings. The molecule has 0 bridgehead atoms. The number of nitrogens with one attached hydrogen (secondary N) is 2. The molecule has 0 radical (unpaired) electrons. The van der Waals surface area contributed by atoms with Crippen molar-refractivity contribution in [1.29, 1.82) is 0 Å². The summed E-state index contributed by atoms with van der Waals surface area (Å²) < 4.78 is 10.4. The zero-order valence-electron chi connectivity index (χ0n) is 22.1. The summed E-state index contributed by atoms with van der Waals surface area (Å²) in [4.78, 5) is 40.8. The van der Waals surface area contributed by atoms with Gasteiger partial charge in [0.05, 0.1) is 13.7 Å². The molecule has 0 aliphatic carbocycles. The van der Waals surface area contributed by atoms with E-state index in [1.165, 1.54) is 11.0 Å². The third kappa shape index (κ3) is 8.64. The number of ether oxygens (including phenoxy) is 2. The molecule has 0 aliphatic heterocycles. The zero-order chi connectivity index (χ0) is 27.6. The highest BCUT2D eigenvalue weighted by atomic mass is 16.6. The summed E-state index contributed by atoms with van der Waals surface area (Å²) in [7, 11) is 1.55. The SMILES string of the molecule is C=CCN(C(=O)C(CO)NC(=O)OC(C)(C)C)C(C(=O)Nc1ccc(OC)cc1)c1ccc(CC)cc1. The number of nitrogens with zero attached hydrogens (tertiary/aromatic N) is 1. The summed E-state index contributed by atoms with van der Waals surface area (Å²) in [5.74, 6) is -0.506. The summed E-state index contributed by atoms with van der Waals surface area (Å²) in [6.45, 7) is 10.1. The number of hydrogen-bond acceptors (Lipinski definition) is 6. The smallest absolute Gasteiger partial charge is 0.408 e. The molecule has 0 saturated heterocycles. The lowest BCUT2D eigenvalue weighted by atomic mass is 10.0. The monoisotopic (exact) mass is 511 g/mol. The van der Waals surface area contributed by atoms with E-state index in [0.717, 1.165) is 12.0 Å². The first-order chi connectivity index (χ1) is 17.5. The summed E-state index contributed by atoms with van der Waals surface area (Å²) in [6, 6.07) is 11.7. The van der Waals surface area contributed by atoms with E-state index in [4.69, 9.17) is 9.47 Å². The van der Waals surface area contributed by atoms with Crippen molar-refractivity contribution in [2.24, 2.45) is 0 Å². The van der Waals surface area contributed by atoms with Crippen LogP contribution < -0.4 is 15.4 Å². The van der Waals surface area contributed by atoms with Crippen LogP contribution in [0, 0.1) is 0 Å². The average molecular weight is 512 g/mol. The highest BCUT2D eigenvalue weighted by Gasteiger charge is 2.35. The number of alkyl carbamates (subject to hydrolysis) is 1. The lowest BCUT2D eigenvalue weighted by Crippen LogP contribution is -2.53. The fourth-order valence-electron chi connectivity index (χ4n) is 3.59. The van der Waals surface area contributed by atoms with Crippen LogP contribution in [0.15, 0.2) is 61.2 Å². The molecule has 37 heavy (non-hydrogen) atoms. The minimum absolute atomic E-state index is 0.0123. The molecule has 2 aromatic rings. The van der Waals surface area contributed by atoms with Crippen LogP contribution in [0.1, 0.15) is 44.9 Å².